The molecule has 4 nitrogen and oxygen atoms in total. The summed E-state index contributed by atoms with van der Waals surface area (Å²) in [5, 5.41) is 18.4. The van der Waals surface area contributed by atoms with Crippen LogP contribution in [0.1, 0.15) is 11.1 Å². The molecule has 0 atom stereocenters. The maximum absolute atomic E-state index is 9.29. The summed E-state index contributed by atoms with van der Waals surface area (Å²) in [5.41, 5.74) is 1.76. The third-order valence-corrected chi connectivity index (χ3v) is 2.24. The lowest BCUT2D eigenvalue weighted by Crippen LogP contribution is -1.85. The maximum atomic E-state index is 9.29. The third kappa shape index (κ3) is 3.04. The van der Waals surface area contributed by atoms with Gasteiger partial charge in [0.15, 0.2) is 11.5 Å². The fraction of sp³-hybridized carbons (Fsp3) is 0.0769. The number of nitrogens with zero attached hydrogens (tertiary/aromatic N) is 2. The predicted molar refractivity (Wildman–Crippen MR) is 65.3 cm³/mol. The minimum atomic E-state index is -0.143. The van der Waals surface area contributed by atoms with Gasteiger partial charge < -0.3 is 10.2 Å². The molecular formula is C13H12N2O2. The number of aromatic hydroxyl groups is 2. The van der Waals surface area contributed by atoms with Gasteiger partial charge in [0, 0.05) is 18.6 Å². The van der Waals surface area contributed by atoms with Crippen molar-refractivity contribution in [2.45, 2.75) is 6.54 Å². The first-order valence-electron chi connectivity index (χ1n) is 5.16. The van der Waals surface area contributed by atoms with Crippen molar-refractivity contribution >= 4 is 6.21 Å². The molecule has 17 heavy (non-hydrogen) atoms. The minimum Gasteiger partial charge on any atom is -0.504 e. The van der Waals surface area contributed by atoms with Crippen molar-refractivity contribution < 1.29 is 10.2 Å². The lowest BCUT2D eigenvalue weighted by molar-refractivity contribution is 0.403. The Morgan fingerprint density at radius 2 is 2.06 bits per heavy atom. The van der Waals surface area contributed by atoms with Gasteiger partial charge in [0.05, 0.1) is 6.54 Å². The first-order valence-corrected chi connectivity index (χ1v) is 5.16. The number of rotatable bonds is 3. The standard InChI is InChI=1S/C13H12N2O2/c16-12-4-3-10(6-13(12)17)7-15-9-11-2-1-5-14-8-11/h1-8,16-17H,9H2. The van der Waals surface area contributed by atoms with E-state index in [1.54, 1.807) is 24.7 Å². The average Bonchev–Trinajstić information content (AvgIpc) is 2.35. The van der Waals surface area contributed by atoms with Gasteiger partial charge in [0.2, 0.25) is 0 Å². The van der Waals surface area contributed by atoms with Crippen LogP contribution in [0.5, 0.6) is 11.5 Å². The van der Waals surface area contributed by atoms with E-state index in [-0.39, 0.29) is 11.5 Å². The van der Waals surface area contributed by atoms with E-state index in [0.29, 0.717) is 6.54 Å². The maximum Gasteiger partial charge on any atom is 0.158 e. The van der Waals surface area contributed by atoms with E-state index in [1.165, 1.54) is 12.1 Å². The Balaban J connectivity index is 2.03. The van der Waals surface area contributed by atoms with E-state index < -0.39 is 0 Å². The third-order valence-electron chi connectivity index (χ3n) is 2.24. The molecule has 0 saturated heterocycles. The summed E-state index contributed by atoms with van der Waals surface area (Å²) in [5.74, 6) is -0.273. The molecule has 1 aromatic heterocycles. The molecule has 0 bridgehead atoms. The average molecular weight is 228 g/mol. The second-order valence-corrected chi connectivity index (χ2v) is 3.58. The highest BCUT2D eigenvalue weighted by Gasteiger charge is 1.97. The van der Waals surface area contributed by atoms with Crippen molar-refractivity contribution in [2.24, 2.45) is 4.99 Å². The van der Waals surface area contributed by atoms with Gasteiger partial charge in [-0.2, -0.15) is 0 Å². The van der Waals surface area contributed by atoms with Gasteiger partial charge in [-0.3, -0.25) is 9.98 Å². The van der Waals surface area contributed by atoms with Crippen molar-refractivity contribution in [1.29, 1.82) is 0 Å². The Morgan fingerprint density at radius 3 is 2.76 bits per heavy atom. The fourth-order valence-electron chi connectivity index (χ4n) is 1.37. The van der Waals surface area contributed by atoms with Crippen LogP contribution in [0.25, 0.3) is 0 Å². The number of aliphatic imine (C=N–C) groups is 1. The molecular weight excluding hydrogens is 216 g/mol. The number of benzene rings is 1. The van der Waals surface area contributed by atoms with Crippen LogP contribution >= 0.6 is 0 Å². The van der Waals surface area contributed by atoms with Crippen LogP contribution in [-0.4, -0.2) is 21.4 Å². The van der Waals surface area contributed by atoms with Gasteiger partial charge in [0.25, 0.3) is 0 Å². The lowest BCUT2D eigenvalue weighted by atomic mass is 10.2. The van der Waals surface area contributed by atoms with Gasteiger partial charge in [-0.25, -0.2) is 0 Å². The number of hydrogen-bond acceptors (Lipinski definition) is 4. The fourth-order valence-corrected chi connectivity index (χ4v) is 1.37. The first kappa shape index (κ1) is 11.1. The zero-order valence-electron chi connectivity index (χ0n) is 9.11. The highest BCUT2D eigenvalue weighted by Crippen LogP contribution is 2.23. The van der Waals surface area contributed by atoms with Gasteiger partial charge in [-0.15, -0.1) is 0 Å². The largest absolute Gasteiger partial charge is 0.504 e. The molecule has 2 rings (SSSR count). The van der Waals surface area contributed by atoms with E-state index in [1.807, 2.05) is 12.1 Å². The van der Waals surface area contributed by atoms with Crippen LogP contribution in [-0.2, 0) is 6.54 Å². The Kier molecular flexibility index (Phi) is 3.35. The van der Waals surface area contributed by atoms with Gasteiger partial charge >= 0.3 is 0 Å². The molecule has 0 aliphatic heterocycles. The molecule has 4 heteroatoms. The lowest BCUT2D eigenvalue weighted by Gasteiger charge is -1.98. The normalized spacial score (nSPS) is 10.8. The summed E-state index contributed by atoms with van der Waals surface area (Å²) in [6, 6.07) is 8.38. The van der Waals surface area contributed by atoms with Crippen LogP contribution in [0.3, 0.4) is 0 Å². The van der Waals surface area contributed by atoms with Crippen LogP contribution in [0.2, 0.25) is 0 Å². The Labute approximate surface area is 98.9 Å². The van der Waals surface area contributed by atoms with Crippen LogP contribution in [0.4, 0.5) is 0 Å². The van der Waals surface area contributed by atoms with E-state index in [0.717, 1.165) is 11.1 Å². The predicted octanol–water partition coefficient (Wildman–Crippen LogP) is 2.11. The molecule has 0 fully saturated rings. The number of pyridine rings is 1. The van der Waals surface area contributed by atoms with Gasteiger partial charge in [-0.05, 0) is 35.4 Å². The van der Waals surface area contributed by atoms with Gasteiger partial charge in [-0.1, -0.05) is 6.07 Å². The number of aromatic nitrogens is 1. The molecule has 2 N–H and O–H groups in total. The summed E-state index contributed by atoms with van der Waals surface area (Å²) in [4.78, 5) is 8.21. The topological polar surface area (TPSA) is 65.7 Å². The van der Waals surface area contributed by atoms with E-state index in [9.17, 15) is 5.11 Å². The van der Waals surface area contributed by atoms with Crippen molar-refractivity contribution in [1.82, 2.24) is 4.98 Å². The number of hydrogen-bond donors (Lipinski definition) is 2. The summed E-state index contributed by atoms with van der Waals surface area (Å²) in [6.45, 7) is 0.537. The Bertz CT molecular complexity index is 524. The highest BCUT2D eigenvalue weighted by molar-refractivity contribution is 5.80. The zero-order valence-corrected chi connectivity index (χ0v) is 9.11. The summed E-state index contributed by atoms with van der Waals surface area (Å²) < 4.78 is 0. The molecule has 2 aromatic rings. The molecule has 0 aliphatic carbocycles. The second-order valence-electron chi connectivity index (χ2n) is 3.58. The Hall–Kier alpha value is -2.36. The van der Waals surface area contributed by atoms with Crippen molar-refractivity contribution in [2.75, 3.05) is 0 Å². The quantitative estimate of drug-likeness (QED) is 0.624. The summed E-state index contributed by atoms with van der Waals surface area (Å²) in [7, 11) is 0. The molecule has 0 amide bonds. The first-order chi connectivity index (χ1) is 8.25. The number of phenolic OH excluding ortho intramolecular Hbond substituents is 2. The summed E-state index contributed by atoms with van der Waals surface area (Å²) >= 11 is 0. The molecule has 1 heterocycles. The minimum absolute atomic E-state index is 0.130. The molecule has 1 aromatic carbocycles. The van der Waals surface area contributed by atoms with Crippen molar-refractivity contribution in [3.05, 3.63) is 53.9 Å². The monoisotopic (exact) mass is 228 g/mol. The highest BCUT2D eigenvalue weighted by atomic mass is 16.3. The SMILES string of the molecule is Oc1ccc(C=NCc2cccnc2)cc1O. The number of phenols is 2. The van der Waals surface area contributed by atoms with E-state index in [4.69, 9.17) is 5.11 Å². The van der Waals surface area contributed by atoms with Crippen molar-refractivity contribution in [3.63, 3.8) is 0 Å². The molecule has 0 spiro atoms. The van der Waals surface area contributed by atoms with Crippen LogP contribution in [0.15, 0.2) is 47.7 Å². The second kappa shape index (κ2) is 5.12. The Morgan fingerprint density at radius 1 is 1.18 bits per heavy atom. The van der Waals surface area contributed by atoms with Crippen LogP contribution < -0.4 is 0 Å². The molecule has 0 radical (unpaired) electrons. The summed E-state index contributed by atoms with van der Waals surface area (Å²) in [6.07, 6.45) is 5.11. The molecule has 86 valence electrons. The molecule has 0 saturated carbocycles. The molecule has 0 unspecified atom stereocenters. The molecule has 0 aliphatic rings. The van der Waals surface area contributed by atoms with E-state index >= 15 is 0 Å². The zero-order chi connectivity index (χ0) is 12.1. The van der Waals surface area contributed by atoms with E-state index in [2.05, 4.69) is 9.98 Å². The van der Waals surface area contributed by atoms with Crippen LogP contribution in [0, 0.1) is 0 Å². The van der Waals surface area contributed by atoms with Gasteiger partial charge in [0.1, 0.15) is 0 Å². The van der Waals surface area contributed by atoms with Crippen molar-refractivity contribution in [3.8, 4) is 11.5 Å². The smallest absolute Gasteiger partial charge is 0.158 e.